The summed E-state index contributed by atoms with van der Waals surface area (Å²) in [6.07, 6.45) is 1.33. The summed E-state index contributed by atoms with van der Waals surface area (Å²) in [7, 11) is 0. The Hall–Kier alpha value is -4.00. The lowest BCUT2D eigenvalue weighted by Crippen LogP contribution is -2.57. The van der Waals surface area contributed by atoms with Crippen molar-refractivity contribution in [3.05, 3.63) is 35.9 Å². The van der Waals surface area contributed by atoms with Gasteiger partial charge in [-0.25, -0.2) is 0 Å². The second-order valence-corrected chi connectivity index (χ2v) is 8.48. The molecule has 0 spiro atoms. The molecule has 0 aliphatic carbocycles. The molecule has 0 fully saturated rings. The van der Waals surface area contributed by atoms with Crippen LogP contribution in [-0.2, 0) is 24.0 Å². The zero-order valence-corrected chi connectivity index (χ0v) is 21.2. The number of hydrogen-bond acceptors (Lipinski definition) is 7. The molecule has 0 aliphatic rings. The second kappa shape index (κ2) is 15.9. The van der Waals surface area contributed by atoms with Crippen LogP contribution in [0.4, 0.5) is 0 Å². The van der Waals surface area contributed by atoms with Crippen molar-refractivity contribution < 1.29 is 33.9 Å². The van der Waals surface area contributed by atoms with Crippen LogP contribution in [0, 0.1) is 0 Å². The van der Waals surface area contributed by atoms with Gasteiger partial charge >= 0.3 is 5.97 Å². The molecule has 37 heavy (non-hydrogen) atoms. The van der Waals surface area contributed by atoms with Crippen molar-refractivity contribution in [3.63, 3.8) is 0 Å². The number of carbonyl (C=O) groups excluding carboxylic acids is 5. The molecule has 0 saturated carbocycles. The van der Waals surface area contributed by atoms with Crippen molar-refractivity contribution in [2.24, 2.45) is 5.73 Å². The van der Waals surface area contributed by atoms with Crippen LogP contribution in [-0.4, -0.2) is 77.9 Å². The highest BCUT2D eigenvalue weighted by atomic mass is 16.4. The number of hydrogen-bond donors (Lipinski definition) is 7. The Morgan fingerprint density at radius 3 is 1.89 bits per heavy atom. The summed E-state index contributed by atoms with van der Waals surface area (Å²) in [5.41, 5.74) is 5.89. The quantitative estimate of drug-likeness (QED) is 0.137. The molecule has 0 heterocycles. The number of carboxylic acids is 1. The van der Waals surface area contributed by atoms with E-state index >= 15 is 0 Å². The highest BCUT2D eigenvalue weighted by Gasteiger charge is 2.27. The van der Waals surface area contributed by atoms with Crippen LogP contribution in [0.3, 0.4) is 0 Å². The molecule has 1 aromatic carbocycles. The summed E-state index contributed by atoms with van der Waals surface area (Å²) in [5, 5.41) is 20.9. The topological polar surface area (TPSA) is 209 Å². The molecule has 0 radical (unpaired) electrons. The Kier molecular flexibility index (Phi) is 13.3. The van der Waals surface area contributed by atoms with Crippen molar-refractivity contribution in [1.29, 1.82) is 0 Å². The lowest BCUT2D eigenvalue weighted by atomic mass is 10.1. The van der Waals surface area contributed by atoms with E-state index in [4.69, 9.17) is 10.8 Å². The summed E-state index contributed by atoms with van der Waals surface area (Å²) >= 11 is 0. The van der Waals surface area contributed by atoms with Crippen LogP contribution in [0.5, 0.6) is 0 Å². The first-order valence-corrected chi connectivity index (χ1v) is 11.9. The predicted molar refractivity (Wildman–Crippen MR) is 134 cm³/mol. The number of aliphatic carboxylic acids is 1. The van der Waals surface area contributed by atoms with E-state index in [0.29, 0.717) is 24.9 Å². The van der Waals surface area contributed by atoms with Crippen LogP contribution in [0.2, 0.25) is 0 Å². The van der Waals surface area contributed by atoms with Gasteiger partial charge in [0.1, 0.15) is 30.7 Å². The Balaban J connectivity index is 2.71. The van der Waals surface area contributed by atoms with Gasteiger partial charge in [0.2, 0.25) is 23.6 Å². The zero-order valence-electron chi connectivity index (χ0n) is 21.2. The van der Waals surface area contributed by atoms with E-state index in [1.807, 2.05) is 0 Å². The molecule has 0 aromatic heterocycles. The van der Waals surface area contributed by atoms with Gasteiger partial charge in [0, 0.05) is 5.56 Å². The SMILES string of the molecule is C[C@H](NC(=O)c1ccccc1)C(=O)N[C@@H](C)C(=O)N[C@@H](CCCCN)C(=O)N[C@@H](C)C(=O)NCC(=O)O. The first-order valence-electron chi connectivity index (χ1n) is 11.9. The third-order valence-corrected chi connectivity index (χ3v) is 5.27. The lowest BCUT2D eigenvalue weighted by molar-refractivity contribution is -0.138. The molecular weight excluding hydrogens is 484 g/mol. The Labute approximate surface area is 215 Å². The first kappa shape index (κ1) is 31.0. The van der Waals surface area contributed by atoms with E-state index in [9.17, 15) is 28.8 Å². The minimum atomic E-state index is -1.23. The molecule has 4 atom stereocenters. The molecule has 13 heteroatoms. The van der Waals surface area contributed by atoms with Crippen molar-refractivity contribution in [1.82, 2.24) is 26.6 Å². The highest BCUT2D eigenvalue weighted by molar-refractivity contribution is 5.98. The van der Waals surface area contributed by atoms with Crippen molar-refractivity contribution in [2.45, 2.75) is 64.2 Å². The molecule has 0 saturated heterocycles. The zero-order chi connectivity index (χ0) is 28.0. The van der Waals surface area contributed by atoms with E-state index < -0.39 is 66.2 Å². The fraction of sp³-hybridized carbons (Fsp3) is 0.500. The molecular formula is C24H36N6O7. The third-order valence-electron chi connectivity index (χ3n) is 5.27. The molecule has 0 bridgehead atoms. The van der Waals surface area contributed by atoms with E-state index in [1.54, 1.807) is 30.3 Å². The maximum absolute atomic E-state index is 12.7. The van der Waals surface area contributed by atoms with Crippen molar-refractivity contribution in [3.8, 4) is 0 Å². The van der Waals surface area contributed by atoms with Gasteiger partial charge in [-0.2, -0.15) is 0 Å². The van der Waals surface area contributed by atoms with E-state index in [2.05, 4.69) is 26.6 Å². The Bertz CT molecular complexity index is 956. The smallest absolute Gasteiger partial charge is 0.322 e. The second-order valence-electron chi connectivity index (χ2n) is 8.48. The lowest BCUT2D eigenvalue weighted by Gasteiger charge is -2.23. The molecule has 5 amide bonds. The molecule has 0 unspecified atom stereocenters. The number of unbranched alkanes of at least 4 members (excludes halogenated alkanes) is 1. The van der Waals surface area contributed by atoms with E-state index in [1.165, 1.54) is 20.8 Å². The summed E-state index contributed by atoms with van der Waals surface area (Å²) in [4.78, 5) is 72.8. The minimum Gasteiger partial charge on any atom is -0.480 e. The molecule has 1 aromatic rings. The van der Waals surface area contributed by atoms with Crippen LogP contribution < -0.4 is 32.3 Å². The normalized spacial score (nSPS) is 13.7. The molecule has 204 valence electrons. The first-order chi connectivity index (χ1) is 17.5. The molecule has 13 nitrogen and oxygen atoms in total. The fourth-order valence-electron chi connectivity index (χ4n) is 3.09. The van der Waals surface area contributed by atoms with Gasteiger partial charge in [-0.15, -0.1) is 0 Å². The average molecular weight is 521 g/mol. The number of nitrogens with two attached hydrogens (primary N) is 1. The van der Waals surface area contributed by atoms with Crippen molar-refractivity contribution in [2.75, 3.05) is 13.1 Å². The highest BCUT2D eigenvalue weighted by Crippen LogP contribution is 2.03. The number of rotatable bonds is 15. The van der Waals surface area contributed by atoms with Gasteiger partial charge in [0.15, 0.2) is 0 Å². The summed E-state index contributed by atoms with van der Waals surface area (Å²) in [6.45, 7) is 4.06. The van der Waals surface area contributed by atoms with Gasteiger partial charge < -0.3 is 37.4 Å². The van der Waals surface area contributed by atoms with Crippen LogP contribution in [0.15, 0.2) is 30.3 Å². The van der Waals surface area contributed by atoms with Crippen molar-refractivity contribution >= 4 is 35.5 Å². The number of amides is 5. The average Bonchev–Trinajstić information content (AvgIpc) is 2.86. The molecule has 8 N–H and O–H groups in total. The van der Waals surface area contributed by atoms with Gasteiger partial charge in [-0.05, 0) is 58.7 Å². The Morgan fingerprint density at radius 2 is 1.30 bits per heavy atom. The fourth-order valence-corrected chi connectivity index (χ4v) is 3.09. The number of benzene rings is 1. The Morgan fingerprint density at radius 1 is 0.757 bits per heavy atom. The summed E-state index contributed by atoms with van der Waals surface area (Å²) in [6, 6.07) is 4.29. The van der Waals surface area contributed by atoms with Crippen LogP contribution in [0.25, 0.3) is 0 Å². The monoisotopic (exact) mass is 520 g/mol. The standard InChI is InChI=1S/C24H36N6O7/c1-14(20(33)26-13-19(31)32)29-24(37)18(11-7-8-12-25)30-22(35)16(3)27-21(34)15(2)28-23(36)17-9-5-4-6-10-17/h4-6,9-10,14-16,18H,7-8,11-13,25H2,1-3H3,(H,26,33)(H,27,34)(H,28,36)(H,29,37)(H,30,35)(H,31,32)/t14-,15-,16-,18-/m0/s1. The summed E-state index contributed by atoms with van der Waals surface area (Å²) < 4.78 is 0. The largest absolute Gasteiger partial charge is 0.480 e. The van der Waals surface area contributed by atoms with Gasteiger partial charge in [0.05, 0.1) is 0 Å². The van der Waals surface area contributed by atoms with Crippen LogP contribution in [0.1, 0.15) is 50.4 Å². The van der Waals surface area contributed by atoms with Gasteiger partial charge in [-0.1, -0.05) is 18.2 Å². The molecule has 1 rings (SSSR count). The van der Waals surface area contributed by atoms with Gasteiger partial charge in [0.25, 0.3) is 5.91 Å². The van der Waals surface area contributed by atoms with Gasteiger partial charge in [-0.3, -0.25) is 28.8 Å². The maximum atomic E-state index is 12.7. The van der Waals surface area contributed by atoms with Crippen LogP contribution >= 0.6 is 0 Å². The third kappa shape index (κ3) is 11.5. The predicted octanol–water partition coefficient (Wildman–Crippen LogP) is -1.37. The summed E-state index contributed by atoms with van der Waals surface area (Å²) in [5.74, 6) is -4.27. The van der Waals surface area contributed by atoms with E-state index in [0.717, 1.165) is 0 Å². The van der Waals surface area contributed by atoms with E-state index in [-0.39, 0.29) is 6.42 Å². The number of carbonyl (C=O) groups is 6. The number of carboxylic acid groups (broad SMARTS) is 1. The molecule has 0 aliphatic heterocycles. The minimum absolute atomic E-state index is 0.225. The maximum Gasteiger partial charge on any atom is 0.322 e. The number of nitrogens with one attached hydrogen (secondary N) is 5.